The van der Waals surface area contributed by atoms with Crippen molar-refractivity contribution in [3.05, 3.63) is 114 Å². The number of benzene rings is 7. The second-order valence-electron chi connectivity index (χ2n) is 15.1. The van der Waals surface area contributed by atoms with Crippen molar-refractivity contribution in [2.24, 2.45) is 30.7 Å². The Morgan fingerprint density at radius 1 is 0.507 bits per heavy atom. The quantitative estimate of drug-likeness (QED) is 0.0561. The van der Waals surface area contributed by atoms with Gasteiger partial charge in [-0.15, -0.1) is 20.4 Å². The predicted octanol–water partition coefficient (Wildman–Crippen LogP) is 9.60. The molecule has 1 aromatic heterocycles. The minimum absolute atomic E-state index is 0.0454. The summed E-state index contributed by atoms with van der Waals surface area (Å²) < 4.78 is 141. The maximum atomic E-state index is 12.8. The standard InChI is InChI=1S/C42H33N9O14S4/c1-21-14-34(22(2)13-33(21)44-43-25-5-8-27(9-6-25)66(53,54)55)45-46-35-20-37(65-4)36(15-23(35)3)47-48-41-39(69(62,63)64)17-24-16-26(7-10-29(24)42(41)52)51-49-32-12-11-30-31(40(32)50-51)18-28(67(56,57)58)19-38(30)68(59,60)61/h5-20,52H,1-4H3,(H,53,54,55)(H,56,57,58)(H,59,60,61)(H,62,63,64). The zero-order chi connectivity index (χ0) is 50.0. The van der Waals surface area contributed by atoms with Gasteiger partial charge in [-0.25, -0.2) is 0 Å². The molecule has 0 aliphatic carbocycles. The van der Waals surface area contributed by atoms with Crippen molar-refractivity contribution >= 4 is 107 Å². The lowest BCUT2D eigenvalue weighted by molar-refractivity contribution is 0.416. The summed E-state index contributed by atoms with van der Waals surface area (Å²) in [6, 6.07) is 21.0. The first kappa shape index (κ1) is 48.0. The minimum Gasteiger partial charge on any atom is -0.505 e. The van der Waals surface area contributed by atoms with Gasteiger partial charge in [-0.2, -0.15) is 58.9 Å². The van der Waals surface area contributed by atoms with E-state index in [1.165, 1.54) is 73.8 Å². The molecule has 0 saturated heterocycles. The SMILES string of the molecule is COc1cc(N=Nc2cc(C)c(N=Nc3ccc(S(=O)(=O)O)cc3)cc2C)c(C)cc1N=Nc1c(S(=O)(=O)O)cc2cc(-n3nc4ccc5c(S(=O)(=O)O)cc(S(=O)(=O)O)cc5c4n3)ccc2c1O. The van der Waals surface area contributed by atoms with Crippen LogP contribution in [0.15, 0.2) is 147 Å². The minimum atomic E-state index is -5.09. The van der Waals surface area contributed by atoms with Crippen LogP contribution in [-0.4, -0.2) is 79.1 Å². The molecule has 0 saturated carbocycles. The van der Waals surface area contributed by atoms with Gasteiger partial charge in [-0.3, -0.25) is 18.2 Å². The van der Waals surface area contributed by atoms with Gasteiger partial charge in [-0.1, -0.05) is 6.07 Å². The number of rotatable bonds is 12. The van der Waals surface area contributed by atoms with Crippen LogP contribution in [0.2, 0.25) is 0 Å². The maximum absolute atomic E-state index is 12.8. The summed E-state index contributed by atoms with van der Waals surface area (Å²) in [5.41, 5.74) is 3.31. The van der Waals surface area contributed by atoms with Gasteiger partial charge in [0.1, 0.15) is 37.9 Å². The molecule has 8 aromatic rings. The number of azo groups is 3. The van der Waals surface area contributed by atoms with Crippen molar-refractivity contribution in [1.29, 1.82) is 0 Å². The third-order valence-electron chi connectivity index (χ3n) is 10.5. The molecule has 69 heavy (non-hydrogen) atoms. The van der Waals surface area contributed by atoms with Gasteiger partial charge < -0.3 is 9.84 Å². The molecule has 23 nitrogen and oxygen atoms in total. The van der Waals surface area contributed by atoms with E-state index in [0.29, 0.717) is 45.5 Å². The molecule has 0 amide bonds. The van der Waals surface area contributed by atoms with E-state index in [9.17, 15) is 57.0 Å². The normalized spacial score (nSPS) is 13.0. The molecule has 27 heteroatoms. The van der Waals surface area contributed by atoms with Crippen LogP contribution in [0.3, 0.4) is 0 Å². The highest BCUT2D eigenvalue weighted by Gasteiger charge is 2.25. The number of methoxy groups -OCH3 is 1. The van der Waals surface area contributed by atoms with E-state index < -0.39 is 66.6 Å². The molecule has 0 radical (unpaired) electrons. The third kappa shape index (κ3) is 9.78. The van der Waals surface area contributed by atoms with Gasteiger partial charge in [0.2, 0.25) is 0 Å². The lowest BCUT2D eigenvalue weighted by Gasteiger charge is -2.11. The maximum Gasteiger partial charge on any atom is 0.296 e. The number of aryl methyl sites for hydroxylation is 3. The smallest absolute Gasteiger partial charge is 0.296 e. The third-order valence-corrected chi connectivity index (χ3v) is 13.9. The van der Waals surface area contributed by atoms with Gasteiger partial charge in [0.25, 0.3) is 40.5 Å². The highest BCUT2D eigenvalue weighted by molar-refractivity contribution is 7.87. The van der Waals surface area contributed by atoms with Crippen LogP contribution in [0, 0.1) is 20.8 Å². The average Bonchev–Trinajstić information content (AvgIpc) is 3.72. The molecule has 5 N–H and O–H groups in total. The Kier molecular flexibility index (Phi) is 12.2. The zero-order valence-electron chi connectivity index (χ0n) is 35.8. The summed E-state index contributed by atoms with van der Waals surface area (Å²) >= 11 is 0. The number of phenolic OH excluding ortho intramolecular Hbond substituents is 1. The van der Waals surface area contributed by atoms with E-state index in [1.54, 1.807) is 32.9 Å². The molecule has 0 unspecified atom stereocenters. The van der Waals surface area contributed by atoms with Crippen molar-refractivity contribution in [2.75, 3.05) is 7.11 Å². The summed E-state index contributed by atoms with van der Waals surface area (Å²) in [6.07, 6.45) is 0. The van der Waals surface area contributed by atoms with Crippen molar-refractivity contribution in [3.63, 3.8) is 0 Å². The number of hydrogen-bond donors (Lipinski definition) is 5. The van der Waals surface area contributed by atoms with Crippen molar-refractivity contribution in [2.45, 2.75) is 40.4 Å². The van der Waals surface area contributed by atoms with Crippen LogP contribution in [0.4, 0.5) is 34.1 Å². The van der Waals surface area contributed by atoms with E-state index in [0.717, 1.165) is 16.9 Å². The molecule has 0 fully saturated rings. The van der Waals surface area contributed by atoms with Gasteiger partial charge >= 0.3 is 0 Å². The summed E-state index contributed by atoms with van der Waals surface area (Å²) in [5.74, 6) is -0.565. The molecular formula is C42H33N9O14S4. The fraction of sp³-hybridized carbons (Fsp3) is 0.0952. The first-order chi connectivity index (χ1) is 32.3. The fourth-order valence-corrected chi connectivity index (χ4v) is 9.49. The van der Waals surface area contributed by atoms with Crippen LogP contribution in [0.5, 0.6) is 11.5 Å². The number of hydrogen-bond acceptors (Lipinski definition) is 18. The predicted molar refractivity (Wildman–Crippen MR) is 247 cm³/mol. The topological polar surface area (TPSA) is 352 Å². The highest BCUT2D eigenvalue weighted by Crippen LogP contribution is 2.44. The van der Waals surface area contributed by atoms with E-state index in [4.69, 9.17) is 4.74 Å². The second-order valence-corrected chi connectivity index (χ2v) is 20.8. The lowest BCUT2D eigenvalue weighted by Crippen LogP contribution is -2.04. The zero-order valence-corrected chi connectivity index (χ0v) is 39.1. The molecule has 0 atom stereocenters. The van der Waals surface area contributed by atoms with Crippen LogP contribution < -0.4 is 4.74 Å². The Morgan fingerprint density at radius 3 is 1.64 bits per heavy atom. The fourth-order valence-electron chi connectivity index (χ4n) is 7.01. The number of ether oxygens (including phenoxy) is 1. The van der Waals surface area contributed by atoms with Crippen LogP contribution >= 0.6 is 0 Å². The van der Waals surface area contributed by atoms with Crippen LogP contribution in [0.25, 0.3) is 38.3 Å². The monoisotopic (exact) mass is 1020 g/mol. The van der Waals surface area contributed by atoms with Crippen molar-refractivity contribution in [1.82, 2.24) is 15.0 Å². The van der Waals surface area contributed by atoms with E-state index in [1.807, 2.05) is 0 Å². The van der Waals surface area contributed by atoms with Crippen molar-refractivity contribution < 1.29 is 61.7 Å². The number of nitrogens with zero attached hydrogens (tertiary/aromatic N) is 9. The number of phenols is 1. The molecular weight excluding hydrogens is 983 g/mol. The van der Waals surface area contributed by atoms with E-state index in [2.05, 4.69) is 40.9 Å². The Balaban J connectivity index is 1.09. The molecule has 0 aliphatic heterocycles. The second kappa shape index (κ2) is 17.5. The Hall–Kier alpha value is -7.50. The molecule has 0 spiro atoms. The number of aromatic nitrogens is 3. The lowest BCUT2D eigenvalue weighted by atomic mass is 10.1. The molecule has 0 aliphatic rings. The summed E-state index contributed by atoms with van der Waals surface area (Å²) in [5, 5.41) is 45.4. The number of aromatic hydroxyl groups is 1. The van der Waals surface area contributed by atoms with E-state index >= 15 is 0 Å². The molecule has 354 valence electrons. The van der Waals surface area contributed by atoms with Gasteiger partial charge in [0.15, 0.2) is 5.75 Å². The average molecular weight is 1020 g/mol. The Labute approximate surface area is 391 Å². The van der Waals surface area contributed by atoms with Crippen LogP contribution in [-0.2, 0) is 40.5 Å². The Morgan fingerprint density at radius 2 is 1.06 bits per heavy atom. The van der Waals surface area contributed by atoms with E-state index in [-0.39, 0.29) is 54.6 Å². The van der Waals surface area contributed by atoms with Crippen molar-refractivity contribution in [3.8, 4) is 17.2 Å². The van der Waals surface area contributed by atoms with Gasteiger partial charge in [0.05, 0.1) is 45.3 Å². The van der Waals surface area contributed by atoms with Gasteiger partial charge in [0, 0.05) is 22.2 Å². The summed E-state index contributed by atoms with van der Waals surface area (Å²) in [7, 11) is -18.1. The number of fused-ring (bicyclic) bond motifs is 4. The molecule has 8 rings (SSSR count). The Bertz CT molecular complexity index is 4050. The molecule has 0 bridgehead atoms. The molecule has 1 heterocycles. The van der Waals surface area contributed by atoms with Gasteiger partial charge in [-0.05, 0) is 128 Å². The summed E-state index contributed by atoms with van der Waals surface area (Å²) in [6.45, 7) is 5.26. The largest absolute Gasteiger partial charge is 0.505 e. The first-order valence-corrected chi connectivity index (χ1v) is 25.3. The summed E-state index contributed by atoms with van der Waals surface area (Å²) in [4.78, 5) is -1.72. The first-order valence-electron chi connectivity index (χ1n) is 19.5. The highest BCUT2D eigenvalue weighted by atomic mass is 32.2. The van der Waals surface area contributed by atoms with Crippen LogP contribution in [0.1, 0.15) is 16.7 Å². The molecule has 7 aromatic carbocycles.